The minimum Gasteiger partial charge on any atom is -0.271 e. The highest BCUT2D eigenvalue weighted by atomic mass is 127. The molecular formula is C14H12IN3S. The quantitative estimate of drug-likeness (QED) is 0.415. The number of thiophene rings is 1. The first-order valence-electron chi connectivity index (χ1n) is 5.82. The molecule has 0 bridgehead atoms. The van der Waals surface area contributed by atoms with E-state index < -0.39 is 0 Å². The summed E-state index contributed by atoms with van der Waals surface area (Å²) in [7, 11) is 0. The van der Waals surface area contributed by atoms with Crippen molar-refractivity contribution >= 4 is 44.7 Å². The lowest BCUT2D eigenvalue weighted by atomic mass is 9.97. The van der Waals surface area contributed by atoms with Crippen LogP contribution >= 0.6 is 33.9 Å². The average molecular weight is 381 g/mol. The Morgan fingerprint density at radius 3 is 2.95 bits per heavy atom. The number of hydrazine groups is 1. The van der Waals surface area contributed by atoms with Gasteiger partial charge in [0.2, 0.25) is 0 Å². The van der Waals surface area contributed by atoms with Gasteiger partial charge in [-0.2, -0.15) is 0 Å². The highest BCUT2D eigenvalue weighted by Crippen LogP contribution is 2.30. The Hall–Kier alpha value is -1.02. The van der Waals surface area contributed by atoms with E-state index >= 15 is 0 Å². The third-order valence-corrected chi connectivity index (χ3v) is 4.92. The van der Waals surface area contributed by atoms with E-state index in [0.717, 1.165) is 5.39 Å². The molecule has 0 aliphatic rings. The lowest BCUT2D eigenvalue weighted by Crippen LogP contribution is -2.28. The van der Waals surface area contributed by atoms with Crippen molar-refractivity contribution in [1.29, 1.82) is 0 Å². The summed E-state index contributed by atoms with van der Waals surface area (Å²) in [6, 6.07) is 10.4. The van der Waals surface area contributed by atoms with E-state index in [1.54, 1.807) is 11.3 Å². The molecule has 2 aromatic heterocycles. The Balaban J connectivity index is 2.16. The maximum Gasteiger partial charge on any atom is 0.0724 e. The molecule has 2 heterocycles. The molecule has 5 heteroatoms. The van der Waals surface area contributed by atoms with Crippen LogP contribution in [-0.4, -0.2) is 4.98 Å². The minimum absolute atomic E-state index is 0.00543. The summed E-state index contributed by atoms with van der Waals surface area (Å²) in [5.41, 5.74) is 5.30. The molecule has 19 heavy (non-hydrogen) atoms. The highest BCUT2D eigenvalue weighted by molar-refractivity contribution is 14.1. The van der Waals surface area contributed by atoms with Crippen LogP contribution in [0.1, 0.15) is 17.2 Å². The lowest BCUT2D eigenvalue weighted by Gasteiger charge is -2.17. The first-order valence-corrected chi connectivity index (χ1v) is 7.78. The van der Waals surface area contributed by atoms with Crippen molar-refractivity contribution in [3.8, 4) is 0 Å². The molecule has 0 saturated heterocycles. The zero-order valence-electron chi connectivity index (χ0n) is 10.0. The SMILES string of the molecule is NNC(c1csc(I)c1)c1cccc2cnccc12. The van der Waals surface area contributed by atoms with Crippen molar-refractivity contribution in [2.24, 2.45) is 5.84 Å². The van der Waals surface area contributed by atoms with Crippen LogP contribution in [0.4, 0.5) is 0 Å². The van der Waals surface area contributed by atoms with Gasteiger partial charge in [0.15, 0.2) is 0 Å². The van der Waals surface area contributed by atoms with Crippen LogP contribution < -0.4 is 11.3 Å². The van der Waals surface area contributed by atoms with Crippen LogP contribution in [0.5, 0.6) is 0 Å². The second kappa shape index (κ2) is 5.54. The second-order valence-electron chi connectivity index (χ2n) is 4.23. The van der Waals surface area contributed by atoms with E-state index in [1.165, 1.54) is 19.4 Å². The molecule has 0 saturated carbocycles. The Kier molecular flexibility index (Phi) is 3.79. The molecule has 3 N–H and O–H groups in total. The molecular weight excluding hydrogens is 369 g/mol. The van der Waals surface area contributed by atoms with Crippen LogP contribution in [0, 0.1) is 2.88 Å². The van der Waals surface area contributed by atoms with Crippen LogP contribution in [0.15, 0.2) is 48.1 Å². The van der Waals surface area contributed by atoms with E-state index in [9.17, 15) is 0 Å². The van der Waals surface area contributed by atoms with Gasteiger partial charge < -0.3 is 0 Å². The molecule has 3 nitrogen and oxygen atoms in total. The van der Waals surface area contributed by atoms with Gasteiger partial charge in [-0.25, -0.2) is 5.43 Å². The fourth-order valence-corrected chi connectivity index (χ4v) is 3.64. The van der Waals surface area contributed by atoms with Crippen LogP contribution in [-0.2, 0) is 0 Å². The largest absolute Gasteiger partial charge is 0.271 e. The fraction of sp³-hybridized carbons (Fsp3) is 0.0714. The van der Waals surface area contributed by atoms with Crippen molar-refractivity contribution in [2.75, 3.05) is 0 Å². The third kappa shape index (κ3) is 2.51. The van der Waals surface area contributed by atoms with Crippen molar-refractivity contribution in [3.63, 3.8) is 0 Å². The normalized spacial score (nSPS) is 12.7. The molecule has 0 fully saturated rings. The molecule has 0 aliphatic carbocycles. The number of nitrogens with zero attached hydrogens (tertiary/aromatic N) is 1. The summed E-state index contributed by atoms with van der Waals surface area (Å²) in [6.07, 6.45) is 3.70. The highest BCUT2D eigenvalue weighted by Gasteiger charge is 2.16. The number of fused-ring (bicyclic) bond motifs is 1. The lowest BCUT2D eigenvalue weighted by molar-refractivity contribution is 0.642. The number of rotatable bonds is 3. The Morgan fingerprint density at radius 2 is 2.21 bits per heavy atom. The van der Waals surface area contributed by atoms with Crippen molar-refractivity contribution in [3.05, 3.63) is 62.1 Å². The van der Waals surface area contributed by atoms with Gasteiger partial charge in [0.25, 0.3) is 0 Å². The van der Waals surface area contributed by atoms with Crippen LogP contribution in [0.2, 0.25) is 0 Å². The van der Waals surface area contributed by atoms with Gasteiger partial charge in [0.1, 0.15) is 0 Å². The summed E-state index contributed by atoms with van der Waals surface area (Å²) in [5, 5.41) is 4.46. The maximum absolute atomic E-state index is 5.77. The molecule has 3 aromatic rings. The van der Waals surface area contributed by atoms with Gasteiger partial charge in [-0.1, -0.05) is 18.2 Å². The number of nitrogens with two attached hydrogens (primary N) is 1. The zero-order chi connectivity index (χ0) is 13.2. The summed E-state index contributed by atoms with van der Waals surface area (Å²) < 4.78 is 1.26. The van der Waals surface area contributed by atoms with Gasteiger partial charge in [-0.3, -0.25) is 10.8 Å². The van der Waals surface area contributed by atoms with Gasteiger partial charge in [-0.05, 0) is 56.6 Å². The van der Waals surface area contributed by atoms with Crippen LogP contribution in [0.3, 0.4) is 0 Å². The van der Waals surface area contributed by atoms with Crippen molar-refractivity contribution < 1.29 is 0 Å². The second-order valence-corrected chi connectivity index (χ2v) is 7.03. The molecule has 0 spiro atoms. The third-order valence-electron chi connectivity index (χ3n) is 3.11. The fourth-order valence-electron chi connectivity index (χ4n) is 2.24. The molecule has 1 atom stereocenters. The Labute approximate surface area is 129 Å². The molecule has 1 unspecified atom stereocenters. The van der Waals surface area contributed by atoms with Gasteiger partial charge in [0, 0.05) is 17.8 Å². The number of pyridine rings is 1. The smallest absolute Gasteiger partial charge is 0.0724 e. The summed E-state index contributed by atoms with van der Waals surface area (Å²) >= 11 is 4.05. The predicted octanol–water partition coefficient (Wildman–Crippen LogP) is 3.45. The number of halogens is 1. The van der Waals surface area contributed by atoms with Crippen molar-refractivity contribution in [1.82, 2.24) is 10.4 Å². The standard InChI is InChI=1S/C14H12IN3S/c15-13-6-10(8-19-13)14(18-16)12-3-1-2-9-7-17-5-4-11(9)12/h1-8,14,18H,16H2. The van der Waals surface area contributed by atoms with E-state index in [0.29, 0.717) is 0 Å². The summed E-state index contributed by atoms with van der Waals surface area (Å²) in [4.78, 5) is 4.17. The van der Waals surface area contributed by atoms with E-state index in [2.05, 4.69) is 56.6 Å². The number of nitrogens with one attached hydrogen (secondary N) is 1. The number of hydrogen-bond acceptors (Lipinski definition) is 4. The number of aromatic nitrogens is 1. The summed E-state index contributed by atoms with van der Waals surface area (Å²) in [5.74, 6) is 5.77. The molecule has 96 valence electrons. The molecule has 1 aromatic carbocycles. The van der Waals surface area contributed by atoms with Gasteiger partial charge in [-0.15, -0.1) is 11.3 Å². The summed E-state index contributed by atoms with van der Waals surface area (Å²) in [6.45, 7) is 0. The number of benzene rings is 1. The van der Waals surface area contributed by atoms with E-state index in [-0.39, 0.29) is 6.04 Å². The maximum atomic E-state index is 5.77. The first kappa shape index (κ1) is 13.0. The van der Waals surface area contributed by atoms with Crippen LogP contribution in [0.25, 0.3) is 10.8 Å². The van der Waals surface area contributed by atoms with Gasteiger partial charge in [0.05, 0.1) is 8.93 Å². The average Bonchev–Trinajstić information content (AvgIpc) is 2.86. The number of hydrogen-bond donors (Lipinski definition) is 2. The van der Waals surface area contributed by atoms with E-state index in [4.69, 9.17) is 5.84 Å². The Bertz CT molecular complexity index is 705. The topological polar surface area (TPSA) is 50.9 Å². The van der Waals surface area contributed by atoms with E-state index in [1.807, 2.05) is 24.5 Å². The predicted molar refractivity (Wildman–Crippen MR) is 87.9 cm³/mol. The molecule has 0 radical (unpaired) electrons. The molecule has 0 aliphatic heterocycles. The zero-order valence-corrected chi connectivity index (χ0v) is 13.0. The first-order chi connectivity index (χ1) is 9.29. The van der Waals surface area contributed by atoms with Gasteiger partial charge >= 0.3 is 0 Å². The minimum atomic E-state index is 0.00543. The van der Waals surface area contributed by atoms with Crippen molar-refractivity contribution in [2.45, 2.75) is 6.04 Å². The molecule has 3 rings (SSSR count). The molecule has 0 amide bonds. The Morgan fingerprint density at radius 1 is 1.32 bits per heavy atom. The monoisotopic (exact) mass is 381 g/mol.